The average Bonchev–Trinajstić information content (AvgIpc) is 2.04. The van der Waals surface area contributed by atoms with E-state index >= 15 is 0 Å². The van der Waals surface area contributed by atoms with Crippen molar-refractivity contribution in [2.75, 3.05) is 7.11 Å². The van der Waals surface area contributed by atoms with Crippen LogP contribution in [0.4, 0.5) is 0 Å². The summed E-state index contributed by atoms with van der Waals surface area (Å²) in [7, 11) is 1.61. The van der Waals surface area contributed by atoms with Gasteiger partial charge in [0.15, 0.2) is 5.78 Å². The van der Waals surface area contributed by atoms with E-state index in [-0.39, 0.29) is 5.78 Å². The Morgan fingerprint density at radius 1 is 1.31 bits per heavy atom. The van der Waals surface area contributed by atoms with Crippen molar-refractivity contribution in [1.29, 1.82) is 0 Å². The Hall–Kier alpha value is -1.31. The number of carbonyl (C=O) groups excluding carboxylic acids is 1. The van der Waals surface area contributed by atoms with E-state index in [1.807, 2.05) is 26.0 Å². The standard InChI is InChI=1S/C11H14O2/c1-7-5-6-10(13-4)8(2)11(7)9(3)12/h5-6H,1-4H3. The third-order valence-electron chi connectivity index (χ3n) is 2.20. The fraction of sp³-hybridized carbons (Fsp3) is 0.364. The third-order valence-corrected chi connectivity index (χ3v) is 2.20. The molecule has 1 aromatic rings. The molecule has 0 aromatic heterocycles. The summed E-state index contributed by atoms with van der Waals surface area (Å²) < 4.78 is 5.14. The Balaban J connectivity index is 3.38. The molecule has 0 aliphatic carbocycles. The van der Waals surface area contributed by atoms with Gasteiger partial charge < -0.3 is 4.74 Å². The molecule has 0 radical (unpaired) electrons. The zero-order chi connectivity index (χ0) is 10.0. The van der Waals surface area contributed by atoms with Crippen molar-refractivity contribution in [3.63, 3.8) is 0 Å². The van der Waals surface area contributed by atoms with Crippen molar-refractivity contribution < 1.29 is 9.53 Å². The quantitative estimate of drug-likeness (QED) is 0.650. The van der Waals surface area contributed by atoms with Crippen LogP contribution in [-0.4, -0.2) is 12.9 Å². The van der Waals surface area contributed by atoms with Crippen LogP contribution in [0.5, 0.6) is 5.75 Å². The van der Waals surface area contributed by atoms with Crippen LogP contribution in [0.25, 0.3) is 0 Å². The number of aryl methyl sites for hydroxylation is 1. The lowest BCUT2D eigenvalue weighted by Crippen LogP contribution is -2.01. The summed E-state index contributed by atoms with van der Waals surface area (Å²) in [4.78, 5) is 11.3. The molecule has 13 heavy (non-hydrogen) atoms. The van der Waals surface area contributed by atoms with Gasteiger partial charge in [0.2, 0.25) is 0 Å². The van der Waals surface area contributed by atoms with Crippen LogP contribution in [0.15, 0.2) is 12.1 Å². The molecule has 0 unspecified atom stereocenters. The van der Waals surface area contributed by atoms with Crippen LogP contribution in [-0.2, 0) is 0 Å². The van der Waals surface area contributed by atoms with Crippen molar-refractivity contribution in [1.82, 2.24) is 0 Å². The number of carbonyl (C=O) groups is 1. The molecule has 70 valence electrons. The summed E-state index contributed by atoms with van der Waals surface area (Å²) in [6.07, 6.45) is 0. The Morgan fingerprint density at radius 2 is 1.92 bits per heavy atom. The summed E-state index contributed by atoms with van der Waals surface area (Å²) >= 11 is 0. The molecule has 0 aliphatic heterocycles. The first-order chi connectivity index (χ1) is 6.07. The first-order valence-corrected chi connectivity index (χ1v) is 4.23. The summed E-state index contributed by atoms with van der Waals surface area (Å²) in [5, 5.41) is 0. The second-order valence-electron chi connectivity index (χ2n) is 3.14. The molecule has 0 heterocycles. The van der Waals surface area contributed by atoms with Gasteiger partial charge in [0.05, 0.1) is 7.11 Å². The highest BCUT2D eigenvalue weighted by Crippen LogP contribution is 2.24. The Bertz CT molecular complexity index is 340. The van der Waals surface area contributed by atoms with Gasteiger partial charge >= 0.3 is 0 Å². The summed E-state index contributed by atoms with van der Waals surface area (Å²) in [5.74, 6) is 0.865. The highest BCUT2D eigenvalue weighted by atomic mass is 16.5. The molecule has 0 amide bonds. The van der Waals surface area contributed by atoms with Gasteiger partial charge in [-0.2, -0.15) is 0 Å². The lowest BCUT2D eigenvalue weighted by molar-refractivity contribution is 0.101. The predicted octanol–water partition coefficient (Wildman–Crippen LogP) is 2.51. The number of methoxy groups -OCH3 is 1. The van der Waals surface area contributed by atoms with E-state index in [4.69, 9.17) is 4.74 Å². The maximum Gasteiger partial charge on any atom is 0.160 e. The van der Waals surface area contributed by atoms with Crippen molar-refractivity contribution >= 4 is 5.78 Å². The van der Waals surface area contributed by atoms with Crippen molar-refractivity contribution in [3.8, 4) is 5.75 Å². The van der Waals surface area contributed by atoms with E-state index in [1.54, 1.807) is 14.0 Å². The van der Waals surface area contributed by atoms with Crippen LogP contribution in [0.3, 0.4) is 0 Å². The van der Waals surface area contributed by atoms with Crippen LogP contribution >= 0.6 is 0 Å². The maximum absolute atomic E-state index is 11.3. The minimum absolute atomic E-state index is 0.0916. The second kappa shape index (κ2) is 3.60. The Morgan fingerprint density at radius 3 is 2.38 bits per heavy atom. The van der Waals surface area contributed by atoms with Crippen molar-refractivity contribution in [2.45, 2.75) is 20.8 Å². The molecule has 0 fully saturated rings. The lowest BCUT2D eigenvalue weighted by atomic mass is 9.99. The molecule has 2 nitrogen and oxygen atoms in total. The van der Waals surface area contributed by atoms with Crippen LogP contribution in [0, 0.1) is 13.8 Å². The number of hydrogen-bond acceptors (Lipinski definition) is 2. The van der Waals surface area contributed by atoms with Gasteiger partial charge in [0.25, 0.3) is 0 Å². The third kappa shape index (κ3) is 1.72. The summed E-state index contributed by atoms with van der Waals surface area (Å²) in [5.41, 5.74) is 2.71. The first kappa shape index (κ1) is 9.78. The van der Waals surface area contributed by atoms with Crippen LogP contribution in [0.2, 0.25) is 0 Å². The van der Waals surface area contributed by atoms with Crippen LogP contribution in [0.1, 0.15) is 28.4 Å². The van der Waals surface area contributed by atoms with E-state index < -0.39 is 0 Å². The molecule has 1 aromatic carbocycles. The predicted molar refractivity (Wildman–Crippen MR) is 52.5 cm³/mol. The van der Waals surface area contributed by atoms with Gasteiger partial charge in [-0.05, 0) is 32.4 Å². The Labute approximate surface area is 78.5 Å². The van der Waals surface area contributed by atoms with E-state index in [0.29, 0.717) is 0 Å². The smallest absolute Gasteiger partial charge is 0.160 e. The normalized spacial score (nSPS) is 9.85. The molecular weight excluding hydrogens is 164 g/mol. The van der Waals surface area contributed by atoms with Gasteiger partial charge in [0.1, 0.15) is 5.75 Å². The topological polar surface area (TPSA) is 26.3 Å². The van der Waals surface area contributed by atoms with Gasteiger partial charge in [-0.3, -0.25) is 4.79 Å². The fourth-order valence-electron chi connectivity index (χ4n) is 1.59. The minimum Gasteiger partial charge on any atom is -0.496 e. The number of hydrogen-bond donors (Lipinski definition) is 0. The second-order valence-corrected chi connectivity index (χ2v) is 3.14. The molecular formula is C11H14O2. The number of ketones is 1. The molecule has 0 saturated carbocycles. The van der Waals surface area contributed by atoms with E-state index in [1.165, 1.54) is 0 Å². The van der Waals surface area contributed by atoms with Gasteiger partial charge in [-0.1, -0.05) is 6.07 Å². The molecule has 0 N–H and O–H groups in total. The molecule has 0 atom stereocenters. The number of ether oxygens (including phenoxy) is 1. The highest BCUT2D eigenvalue weighted by molar-refractivity contribution is 5.97. The zero-order valence-electron chi connectivity index (χ0n) is 8.47. The van der Waals surface area contributed by atoms with E-state index in [9.17, 15) is 4.79 Å². The molecule has 0 spiro atoms. The maximum atomic E-state index is 11.3. The van der Waals surface area contributed by atoms with Crippen molar-refractivity contribution in [2.24, 2.45) is 0 Å². The zero-order valence-corrected chi connectivity index (χ0v) is 8.47. The average molecular weight is 178 g/mol. The number of Topliss-reactive ketones (excluding diaryl/α,β-unsaturated/α-hetero) is 1. The Kier molecular flexibility index (Phi) is 2.71. The van der Waals surface area contributed by atoms with Crippen molar-refractivity contribution in [3.05, 3.63) is 28.8 Å². The largest absolute Gasteiger partial charge is 0.496 e. The van der Waals surface area contributed by atoms with Gasteiger partial charge in [0, 0.05) is 11.1 Å². The van der Waals surface area contributed by atoms with E-state index in [2.05, 4.69) is 0 Å². The first-order valence-electron chi connectivity index (χ1n) is 4.23. The fourth-order valence-corrected chi connectivity index (χ4v) is 1.59. The monoisotopic (exact) mass is 178 g/mol. The molecule has 0 bridgehead atoms. The van der Waals surface area contributed by atoms with Crippen LogP contribution < -0.4 is 4.74 Å². The molecule has 0 saturated heterocycles. The number of rotatable bonds is 2. The molecule has 0 aliphatic rings. The highest BCUT2D eigenvalue weighted by Gasteiger charge is 2.10. The minimum atomic E-state index is 0.0916. The molecule has 2 heteroatoms. The van der Waals surface area contributed by atoms with Gasteiger partial charge in [-0.25, -0.2) is 0 Å². The number of benzene rings is 1. The van der Waals surface area contributed by atoms with E-state index in [0.717, 1.165) is 22.4 Å². The summed E-state index contributed by atoms with van der Waals surface area (Å²) in [6.45, 7) is 5.42. The summed E-state index contributed by atoms with van der Waals surface area (Å²) in [6, 6.07) is 3.79. The molecule has 1 rings (SSSR count). The van der Waals surface area contributed by atoms with Gasteiger partial charge in [-0.15, -0.1) is 0 Å². The SMILES string of the molecule is COc1ccc(C)c(C(C)=O)c1C. The lowest BCUT2D eigenvalue weighted by Gasteiger charge is -2.10.